The Morgan fingerprint density at radius 2 is 1.82 bits per heavy atom. The maximum absolute atomic E-state index is 6.36. The van der Waals surface area contributed by atoms with E-state index in [0.29, 0.717) is 23.3 Å². The van der Waals surface area contributed by atoms with E-state index in [9.17, 15) is 0 Å². The van der Waals surface area contributed by atoms with Gasteiger partial charge in [-0.3, -0.25) is 0 Å². The van der Waals surface area contributed by atoms with Crippen molar-refractivity contribution < 1.29 is 9.47 Å². The number of nitrogens with one attached hydrogen (secondary N) is 1. The number of ether oxygens (including phenoxy) is 2. The molecule has 0 saturated heterocycles. The molecule has 0 radical (unpaired) electrons. The van der Waals surface area contributed by atoms with Crippen LogP contribution in [0.2, 0.25) is 0 Å². The molecule has 6 nitrogen and oxygen atoms in total. The van der Waals surface area contributed by atoms with Gasteiger partial charge in [0.2, 0.25) is 11.0 Å². The fourth-order valence-corrected chi connectivity index (χ4v) is 4.32. The van der Waals surface area contributed by atoms with Gasteiger partial charge in [-0.1, -0.05) is 72.4 Å². The van der Waals surface area contributed by atoms with Gasteiger partial charge in [0.1, 0.15) is 12.4 Å². The van der Waals surface area contributed by atoms with Gasteiger partial charge in [0.15, 0.2) is 11.9 Å². The SMILES string of the molecule is C=CCOc1ccc(C2Nc3ccccc3-c3nnc(SCc4ccc(C)cc4)nc3O2)cc1. The van der Waals surface area contributed by atoms with Gasteiger partial charge in [0, 0.05) is 22.6 Å². The van der Waals surface area contributed by atoms with Crippen LogP contribution in [0.1, 0.15) is 22.9 Å². The molecule has 1 aromatic heterocycles. The first-order valence-corrected chi connectivity index (χ1v) is 12.0. The van der Waals surface area contributed by atoms with Gasteiger partial charge in [0.25, 0.3) is 0 Å². The fourth-order valence-electron chi connectivity index (χ4n) is 3.59. The quantitative estimate of drug-likeness (QED) is 0.255. The van der Waals surface area contributed by atoms with Crippen LogP contribution in [0.5, 0.6) is 11.6 Å². The maximum Gasteiger partial charge on any atom is 0.247 e. The first-order chi connectivity index (χ1) is 16.7. The van der Waals surface area contributed by atoms with Crippen LogP contribution in [-0.2, 0) is 5.75 Å². The molecule has 2 heterocycles. The molecule has 0 saturated carbocycles. The molecule has 1 N–H and O–H groups in total. The average molecular weight is 469 g/mol. The van der Waals surface area contributed by atoms with Gasteiger partial charge in [0.05, 0.1) is 0 Å². The van der Waals surface area contributed by atoms with Crippen molar-refractivity contribution in [1.29, 1.82) is 0 Å². The largest absolute Gasteiger partial charge is 0.490 e. The summed E-state index contributed by atoms with van der Waals surface area (Å²) in [5.41, 5.74) is 5.83. The molecule has 1 unspecified atom stereocenters. The van der Waals surface area contributed by atoms with Gasteiger partial charge in [-0.25, -0.2) is 0 Å². The molecule has 0 fully saturated rings. The van der Waals surface area contributed by atoms with Gasteiger partial charge < -0.3 is 14.8 Å². The molecule has 0 amide bonds. The van der Waals surface area contributed by atoms with E-state index in [1.165, 1.54) is 22.9 Å². The topological polar surface area (TPSA) is 69.2 Å². The lowest BCUT2D eigenvalue weighted by Gasteiger charge is -2.19. The van der Waals surface area contributed by atoms with Gasteiger partial charge in [-0.15, -0.1) is 10.2 Å². The van der Waals surface area contributed by atoms with Gasteiger partial charge in [-0.2, -0.15) is 4.98 Å². The van der Waals surface area contributed by atoms with E-state index < -0.39 is 6.23 Å². The molecule has 4 aromatic rings. The van der Waals surface area contributed by atoms with Crippen LogP contribution >= 0.6 is 11.8 Å². The number of anilines is 1. The van der Waals surface area contributed by atoms with Crippen molar-refractivity contribution in [3.05, 3.63) is 102 Å². The van der Waals surface area contributed by atoms with E-state index in [0.717, 1.165) is 28.3 Å². The summed E-state index contributed by atoms with van der Waals surface area (Å²) in [5, 5.41) is 12.9. The second-order valence-corrected chi connectivity index (χ2v) is 8.82. The second kappa shape index (κ2) is 9.97. The lowest BCUT2D eigenvalue weighted by Crippen LogP contribution is -2.17. The van der Waals surface area contributed by atoms with E-state index in [1.54, 1.807) is 6.08 Å². The number of fused-ring (bicyclic) bond motifs is 3. The highest BCUT2D eigenvalue weighted by Gasteiger charge is 2.26. The number of rotatable bonds is 7. The Bertz CT molecular complexity index is 1290. The van der Waals surface area contributed by atoms with Gasteiger partial charge >= 0.3 is 0 Å². The molecule has 34 heavy (non-hydrogen) atoms. The summed E-state index contributed by atoms with van der Waals surface area (Å²) in [6.45, 7) is 6.23. The van der Waals surface area contributed by atoms with Crippen molar-refractivity contribution in [2.24, 2.45) is 0 Å². The minimum absolute atomic E-state index is 0.442. The summed E-state index contributed by atoms with van der Waals surface area (Å²) in [5.74, 6) is 1.98. The standard InChI is InChI=1S/C27H24N4O2S/c1-3-16-32-21-14-12-20(13-15-21)25-28-23-7-5-4-6-22(23)24-26(33-25)29-27(31-30-24)34-17-19-10-8-18(2)9-11-19/h3-15,25,28H,1,16-17H2,2H3. The minimum atomic E-state index is -0.442. The van der Waals surface area contributed by atoms with Crippen LogP contribution in [0.15, 0.2) is 90.6 Å². The second-order valence-electron chi connectivity index (χ2n) is 7.88. The van der Waals surface area contributed by atoms with Crippen molar-refractivity contribution in [2.75, 3.05) is 11.9 Å². The Hall–Kier alpha value is -3.84. The normalized spacial score (nSPS) is 14.1. The number of hydrogen-bond donors (Lipinski definition) is 1. The van der Waals surface area contributed by atoms with E-state index in [-0.39, 0.29) is 0 Å². The predicted molar refractivity (Wildman–Crippen MR) is 135 cm³/mol. The van der Waals surface area contributed by atoms with Crippen molar-refractivity contribution in [2.45, 2.75) is 24.1 Å². The van der Waals surface area contributed by atoms with Crippen LogP contribution in [0, 0.1) is 6.92 Å². The molecule has 0 aliphatic carbocycles. The van der Waals surface area contributed by atoms with E-state index in [4.69, 9.17) is 14.5 Å². The third kappa shape index (κ3) is 4.89. The predicted octanol–water partition coefficient (Wildman–Crippen LogP) is 6.21. The molecular formula is C27H24N4O2S. The molecule has 170 valence electrons. The van der Waals surface area contributed by atoms with Crippen LogP contribution < -0.4 is 14.8 Å². The molecule has 1 aliphatic heterocycles. The molecular weight excluding hydrogens is 444 g/mol. The summed E-state index contributed by atoms with van der Waals surface area (Å²) in [7, 11) is 0. The molecule has 0 spiro atoms. The Morgan fingerprint density at radius 1 is 1.03 bits per heavy atom. The van der Waals surface area contributed by atoms with Crippen LogP contribution in [0.3, 0.4) is 0 Å². The van der Waals surface area contributed by atoms with E-state index in [2.05, 4.69) is 53.3 Å². The number of nitrogens with zero attached hydrogens (tertiary/aromatic N) is 3. The molecule has 0 bridgehead atoms. The number of hydrogen-bond acceptors (Lipinski definition) is 7. The summed E-state index contributed by atoms with van der Waals surface area (Å²) in [4.78, 5) is 4.73. The van der Waals surface area contributed by atoms with Crippen LogP contribution in [-0.4, -0.2) is 21.8 Å². The van der Waals surface area contributed by atoms with E-state index in [1.807, 2.05) is 48.5 Å². The van der Waals surface area contributed by atoms with Crippen molar-refractivity contribution in [3.8, 4) is 22.9 Å². The maximum atomic E-state index is 6.36. The van der Waals surface area contributed by atoms with E-state index >= 15 is 0 Å². The summed E-state index contributed by atoms with van der Waals surface area (Å²) in [6, 6.07) is 24.2. The number of aromatic nitrogens is 3. The minimum Gasteiger partial charge on any atom is -0.490 e. The lowest BCUT2D eigenvalue weighted by molar-refractivity contribution is 0.225. The first kappa shape index (κ1) is 22.0. The highest BCUT2D eigenvalue weighted by atomic mass is 32.2. The molecule has 5 rings (SSSR count). The highest BCUT2D eigenvalue weighted by Crippen LogP contribution is 2.39. The zero-order valence-electron chi connectivity index (χ0n) is 18.8. The Kier molecular flexibility index (Phi) is 6.44. The average Bonchev–Trinajstić information content (AvgIpc) is 3.04. The molecule has 1 aliphatic rings. The Labute approximate surface area is 203 Å². The Morgan fingerprint density at radius 3 is 2.62 bits per heavy atom. The number of para-hydroxylation sites is 1. The third-order valence-electron chi connectivity index (χ3n) is 5.37. The smallest absolute Gasteiger partial charge is 0.247 e. The van der Waals surface area contributed by atoms with Crippen molar-refractivity contribution in [1.82, 2.24) is 15.2 Å². The van der Waals surface area contributed by atoms with Crippen molar-refractivity contribution >= 4 is 17.4 Å². The summed E-state index contributed by atoms with van der Waals surface area (Å²) < 4.78 is 12.0. The number of benzene rings is 3. The number of aryl methyl sites for hydroxylation is 1. The molecule has 3 aromatic carbocycles. The van der Waals surface area contributed by atoms with Gasteiger partial charge in [-0.05, 0) is 42.8 Å². The Balaban J connectivity index is 1.43. The monoisotopic (exact) mass is 468 g/mol. The first-order valence-electron chi connectivity index (χ1n) is 11.0. The van der Waals surface area contributed by atoms with Crippen LogP contribution in [0.25, 0.3) is 11.3 Å². The summed E-state index contributed by atoms with van der Waals surface area (Å²) in [6.07, 6.45) is 1.28. The zero-order chi connectivity index (χ0) is 23.3. The third-order valence-corrected chi connectivity index (χ3v) is 6.28. The number of thioether (sulfide) groups is 1. The molecule has 1 atom stereocenters. The van der Waals surface area contributed by atoms with Crippen LogP contribution in [0.4, 0.5) is 5.69 Å². The lowest BCUT2D eigenvalue weighted by atomic mass is 10.1. The fraction of sp³-hybridized carbons (Fsp3) is 0.148. The zero-order valence-corrected chi connectivity index (χ0v) is 19.6. The summed E-state index contributed by atoms with van der Waals surface area (Å²) >= 11 is 1.54. The van der Waals surface area contributed by atoms with Crippen molar-refractivity contribution in [3.63, 3.8) is 0 Å². The highest BCUT2D eigenvalue weighted by molar-refractivity contribution is 7.98. The molecule has 7 heteroatoms.